The Kier molecular flexibility index (Phi) is 10.3. The number of rotatable bonds is 6. The molecule has 1 fully saturated rings. The van der Waals surface area contributed by atoms with E-state index in [0.29, 0.717) is 12.5 Å². The van der Waals surface area contributed by atoms with Crippen molar-refractivity contribution < 1.29 is 4.79 Å². The minimum Gasteiger partial charge on any atom is -0.371 e. The van der Waals surface area contributed by atoms with Crippen LogP contribution in [-0.2, 0) is 4.79 Å². The third-order valence-corrected chi connectivity index (χ3v) is 5.73. The fourth-order valence-corrected chi connectivity index (χ4v) is 3.84. The van der Waals surface area contributed by atoms with Crippen LogP contribution in [0.15, 0.2) is 48.5 Å². The fourth-order valence-electron chi connectivity index (χ4n) is 3.67. The number of nitrogens with two attached hydrogens (primary N) is 1. The van der Waals surface area contributed by atoms with Crippen LogP contribution < -0.4 is 16.0 Å². The van der Waals surface area contributed by atoms with Crippen LogP contribution in [-0.4, -0.2) is 25.5 Å². The molecule has 4 nitrogen and oxygen atoms in total. The van der Waals surface area contributed by atoms with Crippen LogP contribution >= 0.6 is 36.4 Å². The average Bonchev–Trinajstić information content (AvgIpc) is 3.16. The van der Waals surface area contributed by atoms with E-state index in [1.54, 1.807) is 0 Å². The summed E-state index contributed by atoms with van der Waals surface area (Å²) >= 11 is 6.15. The lowest BCUT2D eigenvalue weighted by Gasteiger charge is -2.22. The average molecular weight is 459 g/mol. The maximum Gasteiger partial charge on any atom is 0.224 e. The number of anilines is 1. The standard InChI is InChI=1S/C22H28ClN3O.2ClH/c1-15-8-9-19(23)12-20(15)26-11-10-17(14-26)13-25-22(27)16(2)21(24)18-6-4-3-5-7-18;;/h3-9,12,16-17,21H,10-11,13-14,24H2,1-2H3,(H,25,27);2*1H. The molecule has 0 saturated carbocycles. The lowest BCUT2D eigenvalue weighted by molar-refractivity contribution is -0.125. The number of amides is 1. The molecule has 3 unspecified atom stereocenters. The Hall–Kier alpha value is -1.46. The summed E-state index contributed by atoms with van der Waals surface area (Å²) < 4.78 is 0. The lowest BCUT2D eigenvalue weighted by Crippen LogP contribution is -2.38. The van der Waals surface area contributed by atoms with Crippen LogP contribution in [0.3, 0.4) is 0 Å². The summed E-state index contributed by atoms with van der Waals surface area (Å²) in [5.41, 5.74) is 9.68. The van der Waals surface area contributed by atoms with Gasteiger partial charge in [-0.2, -0.15) is 0 Å². The maximum absolute atomic E-state index is 12.5. The van der Waals surface area contributed by atoms with Crippen molar-refractivity contribution in [3.05, 3.63) is 64.7 Å². The van der Waals surface area contributed by atoms with Crippen molar-refractivity contribution in [2.75, 3.05) is 24.5 Å². The van der Waals surface area contributed by atoms with Crippen molar-refractivity contribution in [3.8, 4) is 0 Å². The van der Waals surface area contributed by atoms with Crippen LogP contribution in [0.1, 0.15) is 30.5 Å². The Morgan fingerprint density at radius 1 is 1.24 bits per heavy atom. The molecular formula is C22H30Cl3N3O. The van der Waals surface area contributed by atoms with Gasteiger partial charge in [0.1, 0.15) is 0 Å². The molecule has 3 N–H and O–H groups in total. The number of halogens is 3. The molecular weight excluding hydrogens is 429 g/mol. The zero-order chi connectivity index (χ0) is 19.4. The number of carbonyl (C=O) groups excluding carboxylic acids is 1. The van der Waals surface area contributed by atoms with Gasteiger partial charge in [-0.3, -0.25) is 4.79 Å². The molecule has 2 aromatic rings. The van der Waals surface area contributed by atoms with Crippen molar-refractivity contribution in [2.45, 2.75) is 26.3 Å². The first kappa shape index (κ1) is 25.6. The highest BCUT2D eigenvalue weighted by molar-refractivity contribution is 6.30. The molecule has 0 spiro atoms. The molecule has 1 saturated heterocycles. The first-order valence-electron chi connectivity index (χ1n) is 9.55. The number of nitrogens with zero attached hydrogens (tertiary/aromatic N) is 1. The van der Waals surface area contributed by atoms with Crippen molar-refractivity contribution in [2.24, 2.45) is 17.6 Å². The van der Waals surface area contributed by atoms with Crippen molar-refractivity contribution in [1.82, 2.24) is 5.32 Å². The predicted octanol–water partition coefficient (Wildman–Crippen LogP) is 4.77. The van der Waals surface area contributed by atoms with Gasteiger partial charge in [-0.25, -0.2) is 0 Å². The van der Waals surface area contributed by atoms with Gasteiger partial charge in [0.15, 0.2) is 0 Å². The van der Waals surface area contributed by atoms with E-state index in [4.69, 9.17) is 17.3 Å². The molecule has 2 aromatic carbocycles. The van der Waals surface area contributed by atoms with Gasteiger partial charge in [0.25, 0.3) is 0 Å². The zero-order valence-corrected chi connectivity index (χ0v) is 19.2. The third kappa shape index (κ3) is 6.51. The van der Waals surface area contributed by atoms with Crippen molar-refractivity contribution >= 4 is 48.0 Å². The first-order valence-corrected chi connectivity index (χ1v) is 9.93. The van der Waals surface area contributed by atoms with E-state index in [1.165, 1.54) is 11.3 Å². The maximum atomic E-state index is 12.5. The van der Waals surface area contributed by atoms with Gasteiger partial charge in [-0.15, -0.1) is 24.8 Å². The van der Waals surface area contributed by atoms with Gasteiger partial charge in [-0.1, -0.05) is 54.9 Å². The molecule has 3 rings (SSSR count). The molecule has 160 valence electrons. The van der Waals surface area contributed by atoms with Gasteiger partial charge in [0.05, 0.1) is 5.92 Å². The quantitative estimate of drug-likeness (QED) is 0.655. The number of hydrogen-bond acceptors (Lipinski definition) is 3. The van der Waals surface area contributed by atoms with Crippen LogP contribution in [0, 0.1) is 18.8 Å². The van der Waals surface area contributed by atoms with Crippen molar-refractivity contribution in [3.63, 3.8) is 0 Å². The molecule has 0 radical (unpaired) electrons. The Bertz CT molecular complexity index is 788. The van der Waals surface area contributed by atoms with E-state index < -0.39 is 0 Å². The largest absolute Gasteiger partial charge is 0.371 e. The summed E-state index contributed by atoms with van der Waals surface area (Å²) in [4.78, 5) is 14.9. The van der Waals surface area contributed by atoms with Gasteiger partial charge in [0.2, 0.25) is 5.91 Å². The van der Waals surface area contributed by atoms with Gasteiger partial charge in [-0.05, 0) is 42.5 Å². The SMILES string of the molecule is Cc1ccc(Cl)cc1N1CCC(CNC(=O)C(C)C(N)c2ccccc2)C1.Cl.Cl. The molecule has 1 amide bonds. The number of nitrogens with one attached hydrogen (secondary N) is 1. The Balaban J connectivity index is 0.00000210. The summed E-state index contributed by atoms with van der Waals surface area (Å²) in [6.45, 7) is 6.60. The number of benzene rings is 2. The van der Waals surface area contributed by atoms with E-state index in [2.05, 4.69) is 23.2 Å². The highest BCUT2D eigenvalue weighted by atomic mass is 35.5. The molecule has 7 heteroatoms. The molecule has 29 heavy (non-hydrogen) atoms. The Labute approximate surface area is 191 Å². The minimum absolute atomic E-state index is 0. The highest BCUT2D eigenvalue weighted by Crippen LogP contribution is 2.29. The van der Waals surface area contributed by atoms with E-state index in [9.17, 15) is 4.79 Å². The fraction of sp³-hybridized carbons (Fsp3) is 0.409. The van der Waals surface area contributed by atoms with Crippen LogP contribution in [0.2, 0.25) is 5.02 Å². The Morgan fingerprint density at radius 2 is 1.93 bits per heavy atom. The minimum atomic E-state index is -0.291. The highest BCUT2D eigenvalue weighted by Gasteiger charge is 2.26. The second kappa shape index (κ2) is 11.7. The summed E-state index contributed by atoms with van der Waals surface area (Å²) in [5, 5.41) is 3.86. The molecule has 1 aliphatic heterocycles. The molecule has 0 aliphatic carbocycles. The third-order valence-electron chi connectivity index (χ3n) is 5.50. The smallest absolute Gasteiger partial charge is 0.224 e. The van der Waals surface area contributed by atoms with E-state index >= 15 is 0 Å². The lowest BCUT2D eigenvalue weighted by atomic mass is 9.94. The first-order chi connectivity index (χ1) is 13.0. The van der Waals surface area contributed by atoms with Gasteiger partial charge in [0, 0.05) is 36.4 Å². The molecule has 0 aromatic heterocycles. The van der Waals surface area contributed by atoms with Crippen LogP contribution in [0.5, 0.6) is 0 Å². The second-order valence-corrected chi connectivity index (χ2v) is 7.94. The summed E-state index contributed by atoms with van der Waals surface area (Å²) in [6.07, 6.45) is 1.06. The van der Waals surface area contributed by atoms with Crippen LogP contribution in [0.25, 0.3) is 0 Å². The predicted molar refractivity (Wildman–Crippen MR) is 127 cm³/mol. The normalized spacial score (nSPS) is 17.7. The van der Waals surface area contributed by atoms with E-state index in [0.717, 1.165) is 30.1 Å². The van der Waals surface area contributed by atoms with E-state index in [1.807, 2.05) is 49.4 Å². The number of hydrogen-bond donors (Lipinski definition) is 2. The van der Waals surface area contributed by atoms with Crippen molar-refractivity contribution in [1.29, 1.82) is 0 Å². The van der Waals surface area contributed by atoms with Crippen LogP contribution in [0.4, 0.5) is 5.69 Å². The molecule has 0 bridgehead atoms. The second-order valence-electron chi connectivity index (χ2n) is 7.50. The zero-order valence-electron chi connectivity index (χ0n) is 16.8. The topological polar surface area (TPSA) is 58.4 Å². The Morgan fingerprint density at radius 3 is 2.62 bits per heavy atom. The number of aryl methyl sites for hydroxylation is 1. The van der Waals surface area contributed by atoms with Gasteiger partial charge < -0.3 is 16.0 Å². The summed E-state index contributed by atoms with van der Waals surface area (Å²) in [6, 6.07) is 15.5. The van der Waals surface area contributed by atoms with Gasteiger partial charge >= 0.3 is 0 Å². The number of carbonyl (C=O) groups is 1. The summed E-state index contributed by atoms with van der Waals surface area (Å²) in [5.74, 6) is 0.191. The monoisotopic (exact) mass is 457 g/mol. The summed E-state index contributed by atoms with van der Waals surface area (Å²) in [7, 11) is 0. The molecule has 3 atom stereocenters. The van der Waals surface area contributed by atoms with E-state index in [-0.39, 0.29) is 42.7 Å². The molecule has 1 heterocycles. The molecule has 1 aliphatic rings.